The van der Waals surface area contributed by atoms with Gasteiger partial charge in [0.2, 0.25) is 0 Å². The van der Waals surface area contributed by atoms with E-state index >= 15 is 0 Å². The van der Waals surface area contributed by atoms with Gasteiger partial charge in [0.1, 0.15) is 17.4 Å². The highest BCUT2D eigenvalue weighted by Gasteiger charge is 2.35. The number of methoxy groups -OCH3 is 1. The minimum Gasteiger partial charge on any atom is -0.497 e. The molecule has 0 aromatic heterocycles. The fourth-order valence-corrected chi connectivity index (χ4v) is 2.10. The first-order valence-corrected chi connectivity index (χ1v) is 5.75. The Bertz CT molecular complexity index is 393. The van der Waals surface area contributed by atoms with E-state index in [9.17, 15) is 13.9 Å². The van der Waals surface area contributed by atoms with Crippen molar-refractivity contribution in [3.8, 4) is 5.75 Å². The lowest BCUT2D eigenvalue weighted by Crippen LogP contribution is -2.14. The van der Waals surface area contributed by atoms with Crippen molar-refractivity contribution in [3.63, 3.8) is 0 Å². The lowest BCUT2D eigenvalue weighted by molar-refractivity contribution is 0.0979. The normalized spacial score (nSPS) is 18.9. The van der Waals surface area contributed by atoms with Crippen molar-refractivity contribution in [1.29, 1.82) is 0 Å². The van der Waals surface area contributed by atoms with Gasteiger partial charge < -0.3 is 9.84 Å². The number of ether oxygens (including phenoxy) is 1. The molecular formula is C13H16F2O2. The summed E-state index contributed by atoms with van der Waals surface area (Å²) in [4.78, 5) is 0. The molecule has 94 valence electrons. The number of rotatable bonds is 4. The second-order valence-electron chi connectivity index (χ2n) is 4.65. The van der Waals surface area contributed by atoms with Gasteiger partial charge in [0.15, 0.2) is 0 Å². The van der Waals surface area contributed by atoms with Crippen LogP contribution in [0, 0.1) is 23.5 Å². The van der Waals surface area contributed by atoms with Crippen molar-refractivity contribution in [3.05, 3.63) is 29.3 Å². The molecule has 2 nitrogen and oxygen atoms in total. The van der Waals surface area contributed by atoms with E-state index in [0.717, 1.165) is 25.0 Å². The van der Waals surface area contributed by atoms with Crippen LogP contribution in [-0.4, -0.2) is 12.2 Å². The van der Waals surface area contributed by atoms with Crippen molar-refractivity contribution in [1.82, 2.24) is 0 Å². The van der Waals surface area contributed by atoms with Crippen molar-refractivity contribution >= 4 is 0 Å². The zero-order valence-electron chi connectivity index (χ0n) is 9.91. The fraction of sp³-hybridized carbons (Fsp3) is 0.538. The second kappa shape index (κ2) is 4.61. The van der Waals surface area contributed by atoms with Gasteiger partial charge in [-0.2, -0.15) is 0 Å². The summed E-state index contributed by atoms with van der Waals surface area (Å²) in [7, 11) is 1.34. The van der Waals surface area contributed by atoms with Gasteiger partial charge in [-0.05, 0) is 24.7 Å². The van der Waals surface area contributed by atoms with Gasteiger partial charge in [-0.1, -0.05) is 6.92 Å². The van der Waals surface area contributed by atoms with Gasteiger partial charge in [-0.3, -0.25) is 0 Å². The van der Waals surface area contributed by atoms with Gasteiger partial charge in [0.25, 0.3) is 0 Å². The van der Waals surface area contributed by atoms with E-state index in [1.807, 2.05) is 6.92 Å². The first-order valence-electron chi connectivity index (χ1n) is 5.75. The summed E-state index contributed by atoms with van der Waals surface area (Å²) in [6.45, 7) is 1.82. The van der Waals surface area contributed by atoms with Gasteiger partial charge in [0, 0.05) is 12.1 Å². The van der Waals surface area contributed by atoms with Crippen molar-refractivity contribution in [2.75, 3.05) is 7.11 Å². The van der Waals surface area contributed by atoms with Crippen LogP contribution in [0.3, 0.4) is 0 Å². The van der Waals surface area contributed by atoms with Gasteiger partial charge in [-0.15, -0.1) is 0 Å². The lowest BCUT2D eigenvalue weighted by atomic mass is 9.92. The number of benzene rings is 1. The fourth-order valence-electron chi connectivity index (χ4n) is 2.10. The summed E-state index contributed by atoms with van der Waals surface area (Å²) in [5.41, 5.74) is -0.245. The Kier molecular flexibility index (Phi) is 3.33. The Morgan fingerprint density at radius 1 is 1.29 bits per heavy atom. The third kappa shape index (κ3) is 2.41. The highest BCUT2D eigenvalue weighted by molar-refractivity contribution is 5.32. The highest BCUT2D eigenvalue weighted by atomic mass is 19.1. The van der Waals surface area contributed by atoms with Crippen LogP contribution in [0.25, 0.3) is 0 Å². The summed E-state index contributed by atoms with van der Waals surface area (Å²) >= 11 is 0. The Labute approximate surface area is 99.2 Å². The average molecular weight is 242 g/mol. The molecule has 0 bridgehead atoms. The smallest absolute Gasteiger partial charge is 0.135 e. The molecule has 1 aromatic carbocycles. The maximum absolute atomic E-state index is 13.7. The van der Waals surface area contributed by atoms with Crippen LogP contribution in [0.4, 0.5) is 8.78 Å². The SMILES string of the molecule is COc1cc(F)c(C(O)C(C)C2CC2)c(F)c1. The third-order valence-corrected chi connectivity index (χ3v) is 3.45. The summed E-state index contributed by atoms with van der Waals surface area (Å²) in [6, 6.07) is 2.20. The van der Waals surface area contributed by atoms with E-state index in [0.29, 0.717) is 5.92 Å². The van der Waals surface area contributed by atoms with Crippen LogP contribution in [-0.2, 0) is 0 Å². The van der Waals surface area contributed by atoms with E-state index in [2.05, 4.69) is 0 Å². The summed E-state index contributed by atoms with van der Waals surface area (Å²) < 4.78 is 32.2. The molecule has 1 aliphatic rings. The number of halogens is 2. The second-order valence-corrected chi connectivity index (χ2v) is 4.65. The van der Waals surface area contributed by atoms with Gasteiger partial charge >= 0.3 is 0 Å². The standard InChI is InChI=1S/C13H16F2O2/c1-7(8-3-4-8)13(16)12-10(14)5-9(17-2)6-11(12)15/h5-8,13,16H,3-4H2,1-2H3. The van der Waals surface area contributed by atoms with E-state index in [4.69, 9.17) is 4.74 Å². The van der Waals surface area contributed by atoms with E-state index in [-0.39, 0.29) is 17.2 Å². The van der Waals surface area contributed by atoms with Crippen molar-refractivity contribution < 1.29 is 18.6 Å². The van der Waals surface area contributed by atoms with E-state index < -0.39 is 17.7 Å². The molecule has 2 unspecified atom stereocenters. The largest absolute Gasteiger partial charge is 0.497 e. The van der Waals surface area contributed by atoms with Crippen LogP contribution in [0.2, 0.25) is 0 Å². The van der Waals surface area contributed by atoms with Crippen LogP contribution < -0.4 is 4.74 Å². The molecule has 0 saturated heterocycles. The Hall–Kier alpha value is -1.16. The number of aliphatic hydroxyl groups excluding tert-OH is 1. The van der Waals surface area contributed by atoms with Gasteiger partial charge in [-0.25, -0.2) is 8.78 Å². The zero-order chi connectivity index (χ0) is 12.6. The average Bonchev–Trinajstić information content (AvgIpc) is 3.10. The number of hydrogen-bond donors (Lipinski definition) is 1. The Balaban J connectivity index is 2.30. The summed E-state index contributed by atoms with van der Waals surface area (Å²) in [5, 5.41) is 10.0. The van der Waals surface area contributed by atoms with Crippen LogP contribution in [0.15, 0.2) is 12.1 Å². The molecule has 1 fully saturated rings. The Morgan fingerprint density at radius 2 is 1.82 bits per heavy atom. The maximum atomic E-state index is 13.7. The van der Waals surface area contributed by atoms with Crippen LogP contribution >= 0.6 is 0 Å². The molecule has 1 aliphatic carbocycles. The Morgan fingerprint density at radius 3 is 2.24 bits per heavy atom. The van der Waals surface area contributed by atoms with Gasteiger partial charge in [0.05, 0.1) is 18.8 Å². The molecule has 0 amide bonds. The highest BCUT2D eigenvalue weighted by Crippen LogP contribution is 2.43. The minimum atomic E-state index is -1.09. The predicted molar refractivity (Wildman–Crippen MR) is 59.8 cm³/mol. The molecule has 1 N–H and O–H groups in total. The molecule has 17 heavy (non-hydrogen) atoms. The summed E-state index contributed by atoms with van der Waals surface area (Å²) in [5.74, 6) is -1.11. The molecule has 2 atom stereocenters. The maximum Gasteiger partial charge on any atom is 0.135 e. The zero-order valence-corrected chi connectivity index (χ0v) is 9.91. The van der Waals surface area contributed by atoms with Crippen molar-refractivity contribution in [2.24, 2.45) is 11.8 Å². The topological polar surface area (TPSA) is 29.5 Å². The molecule has 2 rings (SSSR count). The van der Waals surface area contributed by atoms with Crippen LogP contribution in [0.1, 0.15) is 31.4 Å². The molecule has 1 saturated carbocycles. The molecule has 1 aromatic rings. The molecular weight excluding hydrogens is 226 g/mol. The summed E-state index contributed by atoms with van der Waals surface area (Å²) in [6.07, 6.45) is 0.961. The lowest BCUT2D eigenvalue weighted by Gasteiger charge is -2.20. The molecule has 4 heteroatoms. The minimum absolute atomic E-state index is 0.118. The first-order chi connectivity index (χ1) is 8.04. The molecule has 0 aliphatic heterocycles. The first kappa shape index (κ1) is 12.3. The number of aliphatic hydroxyl groups is 1. The van der Waals surface area contributed by atoms with Crippen molar-refractivity contribution in [2.45, 2.75) is 25.9 Å². The number of hydrogen-bond acceptors (Lipinski definition) is 2. The molecule has 0 spiro atoms. The quantitative estimate of drug-likeness (QED) is 0.879. The van der Waals surface area contributed by atoms with E-state index in [1.54, 1.807) is 0 Å². The predicted octanol–water partition coefficient (Wildman–Crippen LogP) is 3.05. The van der Waals surface area contributed by atoms with E-state index in [1.165, 1.54) is 7.11 Å². The van der Waals surface area contributed by atoms with Crippen LogP contribution in [0.5, 0.6) is 5.75 Å². The third-order valence-electron chi connectivity index (χ3n) is 3.45. The monoisotopic (exact) mass is 242 g/mol. The molecule has 0 heterocycles. The molecule has 0 radical (unpaired) electrons.